The summed E-state index contributed by atoms with van der Waals surface area (Å²) >= 11 is 0. The lowest BCUT2D eigenvalue weighted by molar-refractivity contribution is 0.122. The number of anilines is 3. The van der Waals surface area contributed by atoms with Crippen molar-refractivity contribution in [2.24, 2.45) is 0 Å². The third-order valence-electron chi connectivity index (χ3n) is 3.72. The van der Waals surface area contributed by atoms with Gasteiger partial charge >= 0.3 is 0 Å². The highest BCUT2D eigenvalue weighted by Gasteiger charge is 2.11. The maximum atomic E-state index is 5.38. The predicted octanol–water partition coefficient (Wildman–Crippen LogP) is 1.70. The molecular formula is C15H16N6O. The predicted molar refractivity (Wildman–Crippen MR) is 83.5 cm³/mol. The van der Waals surface area contributed by atoms with E-state index in [0.717, 1.165) is 32.0 Å². The molecule has 0 unspecified atom stereocenters. The van der Waals surface area contributed by atoms with Gasteiger partial charge in [-0.05, 0) is 24.3 Å². The Balaban J connectivity index is 1.54. The number of morpholine rings is 1. The summed E-state index contributed by atoms with van der Waals surface area (Å²) in [7, 11) is 0. The van der Waals surface area contributed by atoms with Gasteiger partial charge in [0, 0.05) is 36.9 Å². The lowest BCUT2D eigenvalue weighted by Gasteiger charge is -2.28. The molecule has 1 aromatic carbocycles. The van der Waals surface area contributed by atoms with Crippen LogP contribution in [0.25, 0.3) is 5.65 Å². The van der Waals surface area contributed by atoms with Crippen LogP contribution in [0, 0.1) is 0 Å². The summed E-state index contributed by atoms with van der Waals surface area (Å²) < 4.78 is 7.21. The van der Waals surface area contributed by atoms with Crippen molar-refractivity contribution in [2.75, 3.05) is 36.5 Å². The van der Waals surface area contributed by atoms with Gasteiger partial charge in [0.05, 0.1) is 13.2 Å². The van der Waals surface area contributed by atoms with Crippen molar-refractivity contribution in [3.05, 3.63) is 43.0 Å². The maximum absolute atomic E-state index is 5.38. The molecule has 1 N–H and O–H groups in total. The van der Waals surface area contributed by atoms with Gasteiger partial charge in [-0.2, -0.15) is 0 Å². The van der Waals surface area contributed by atoms with E-state index in [4.69, 9.17) is 4.74 Å². The molecule has 0 amide bonds. The Kier molecular flexibility index (Phi) is 3.32. The number of nitrogens with one attached hydrogen (secondary N) is 1. The number of benzene rings is 1. The number of hydrogen-bond donors (Lipinski definition) is 1. The van der Waals surface area contributed by atoms with E-state index in [1.807, 2.05) is 22.7 Å². The molecule has 1 saturated heterocycles. The van der Waals surface area contributed by atoms with Gasteiger partial charge in [0.2, 0.25) is 5.65 Å². The number of nitrogens with zero attached hydrogens (tertiary/aromatic N) is 5. The van der Waals surface area contributed by atoms with Crippen LogP contribution in [-0.4, -0.2) is 45.9 Å². The third-order valence-corrected chi connectivity index (χ3v) is 3.72. The molecule has 7 nitrogen and oxygen atoms in total. The Hall–Kier alpha value is -2.67. The molecule has 22 heavy (non-hydrogen) atoms. The van der Waals surface area contributed by atoms with Crippen LogP contribution in [0.1, 0.15) is 0 Å². The summed E-state index contributed by atoms with van der Waals surface area (Å²) in [5.41, 5.74) is 2.89. The minimum atomic E-state index is 0.694. The fraction of sp³-hybridized carbons (Fsp3) is 0.267. The standard InChI is InChI=1S/C15H16N6O/c1-3-13(20-7-9-22-10-8-20)4-2-12(1)18-14-15-19-17-11-21(15)6-5-16-14/h1-6,11H,7-10H2,(H,16,18). The molecule has 3 heterocycles. The van der Waals surface area contributed by atoms with E-state index >= 15 is 0 Å². The summed E-state index contributed by atoms with van der Waals surface area (Å²) in [6.07, 6.45) is 5.20. The van der Waals surface area contributed by atoms with E-state index in [0.29, 0.717) is 11.5 Å². The van der Waals surface area contributed by atoms with E-state index in [9.17, 15) is 0 Å². The first-order chi connectivity index (χ1) is 10.9. The first-order valence-electron chi connectivity index (χ1n) is 7.24. The molecule has 1 aliphatic heterocycles. The summed E-state index contributed by atoms with van der Waals surface area (Å²) in [5, 5.41) is 11.3. The first kappa shape index (κ1) is 13.0. The van der Waals surface area contributed by atoms with E-state index in [1.165, 1.54) is 5.69 Å². The highest BCUT2D eigenvalue weighted by Crippen LogP contribution is 2.22. The quantitative estimate of drug-likeness (QED) is 0.793. The highest BCUT2D eigenvalue weighted by molar-refractivity contribution is 5.70. The molecule has 3 aromatic rings. The lowest BCUT2D eigenvalue weighted by atomic mass is 10.2. The maximum Gasteiger partial charge on any atom is 0.203 e. The van der Waals surface area contributed by atoms with Crippen LogP contribution in [0.5, 0.6) is 0 Å². The Morgan fingerprint density at radius 2 is 1.91 bits per heavy atom. The average Bonchev–Trinajstić information content (AvgIpc) is 3.06. The van der Waals surface area contributed by atoms with Gasteiger partial charge in [-0.25, -0.2) is 4.98 Å². The van der Waals surface area contributed by atoms with Crippen molar-refractivity contribution in [3.8, 4) is 0 Å². The summed E-state index contributed by atoms with van der Waals surface area (Å²) in [6.45, 7) is 3.46. The Labute approximate surface area is 127 Å². The minimum Gasteiger partial charge on any atom is -0.378 e. The van der Waals surface area contributed by atoms with Crippen molar-refractivity contribution in [2.45, 2.75) is 0 Å². The first-order valence-corrected chi connectivity index (χ1v) is 7.24. The van der Waals surface area contributed by atoms with E-state index in [-0.39, 0.29) is 0 Å². The number of fused-ring (bicyclic) bond motifs is 1. The van der Waals surface area contributed by atoms with Crippen molar-refractivity contribution < 1.29 is 4.74 Å². The van der Waals surface area contributed by atoms with Gasteiger partial charge in [0.15, 0.2) is 5.82 Å². The Morgan fingerprint density at radius 3 is 2.73 bits per heavy atom. The van der Waals surface area contributed by atoms with Crippen molar-refractivity contribution in [3.63, 3.8) is 0 Å². The van der Waals surface area contributed by atoms with Gasteiger partial charge in [0.25, 0.3) is 0 Å². The number of aromatic nitrogens is 4. The molecule has 0 spiro atoms. The van der Waals surface area contributed by atoms with Crippen LogP contribution in [0.3, 0.4) is 0 Å². The second kappa shape index (κ2) is 5.61. The van der Waals surface area contributed by atoms with Crippen molar-refractivity contribution in [1.82, 2.24) is 19.6 Å². The molecule has 0 atom stereocenters. The fourth-order valence-electron chi connectivity index (χ4n) is 2.56. The van der Waals surface area contributed by atoms with Crippen LogP contribution in [-0.2, 0) is 4.74 Å². The zero-order valence-corrected chi connectivity index (χ0v) is 12.0. The van der Waals surface area contributed by atoms with Crippen LogP contribution in [0.2, 0.25) is 0 Å². The lowest BCUT2D eigenvalue weighted by Crippen LogP contribution is -2.36. The smallest absolute Gasteiger partial charge is 0.203 e. The number of hydrogen-bond acceptors (Lipinski definition) is 6. The molecule has 1 fully saturated rings. The van der Waals surface area contributed by atoms with Crippen LogP contribution in [0.4, 0.5) is 17.2 Å². The molecule has 0 saturated carbocycles. The van der Waals surface area contributed by atoms with Crippen LogP contribution < -0.4 is 10.2 Å². The molecule has 2 aromatic heterocycles. The number of ether oxygens (including phenoxy) is 1. The van der Waals surface area contributed by atoms with Gasteiger partial charge in [0.1, 0.15) is 6.33 Å². The third kappa shape index (κ3) is 2.46. The van der Waals surface area contributed by atoms with E-state index in [2.05, 4.69) is 37.5 Å². The van der Waals surface area contributed by atoms with Gasteiger partial charge in [-0.3, -0.25) is 4.40 Å². The molecule has 112 valence electrons. The fourth-order valence-corrected chi connectivity index (χ4v) is 2.56. The molecule has 0 radical (unpaired) electrons. The van der Waals surface area contributed by atoms with E-state index < -0.39 is 0 Å². The molecule has 0 aliphatic carbocycles. The molecular weight excluding hydrogens is 280 g/mol. The second-order valence-electron chi connectivity index (χ2n) is 5.11. The van der Waals surface area contributed by atoms with Crippen LogP contribution >= 0.6 is 0 Å². The van der Waals surface area contributed by atoms with Crippen molar-refractivity contribution >= 4 is 22.8 Å². The molecule has 4 rings (SSSR count). The Bertz CT molecular complexity index is 763. The second-order valence-corrected chi connectivity index (χ2v) is 5.11. The minimum absolute atomic E-state index is 0.694. The monoisotopic (exact) mass is 296 g/mol. The Morgan fingerprint density at radius 1 is 1.09 bits per heavy atom. The van der Waals surface area contributed by atoms with Gasteiger partial charge < -0.3 is 15.0 Å². The number of rotatable bonds is 3. The topological polar surface area (TPSA) is 67.6 Å². The average molecular weight is 296 g/mol. The molecule has 1 aliphatic rings. The van der Waals surface area contributed by atoms with Gasteiger partial charge in [-0.15, -0.1) is 10.2 Å². The largest absolute Gasteiger partial charge is 0.378 e. The van der Waals surface area contributed by atoms with E-state index in [1.54, 1.807) is 12.5 Å². The molecule has 0 bridgehead atoms. The van der Waals surface area contributed by atoms with Crippen LogP contribution in [0.15, 0.2) is 43.0 Å². The summed E-state index contributed by atoms with van der Waals surface area (Å²) in [5.74, 6) is 0.694. The van der Waals surface area contributed by atoms with Crippen molar-refractivity contribution in [1.29, 1.82) is 0 Å². The summed E-state index contributed by atoms with van der Waals surface area (Å²) in [6, 6.07) is 8.31. The van der Waals surface area contributed by atoms with Gasteiger partial charge in [-0.1, -0.05) is 0 Å². The zero-order valence-electron chi connectivity index (χ0n) is 12.0. The highest BCUT2D eigenvalue weighted by atomic mass is 16.5. The SMILES string of the molecule is c1cn2cnnc2c(Nc2ccc(N3CCOCC3)cc2)n1. The normalized spacial score (nSPS) is 15.2. The molecule has 7 heteroatoms. The zero-order chi connectivity index (χ0) is 14.8. The summed E-state index contributed by atoms with van der Waals surface area (Å²) in [4.78, 5) is 6.65.